The zero-order valence-corrected chi connectivity index (χ0v) is 7.85. The Balaban J connectivity index is 2.89. The van der Waals surface area contributed by atoms with Crippen molar-refractivity contribution in [3.63, 3.8) is 0 Å². The maximum absolute atomic E-state index is 10.7. The first kappa shape index (κ1) is 9.42. The number of hydrogen-bond donors (Lipinski definition) is 2. The summed E-state index contributed by atoms with van der Waals surface area (Å²) >= 11 is 9.69. The van der Waals surface area contributed by atoms with E-state index in [1.165, 1.54) is 0 Å². The van der Waals surface area contributed by atoms with E-state index in [1.807, 2.05) is 0 Å². The highest BCUT2D eigenvalue weighted by Gasteiger charge is 2.11. The van der Waals surface area contributed by atoms with Gasteiger partial charge < -0.3 is 5.73 Å². The highest BCUT2D eigenvalue weighted by atomic mass is 35.5. The second kappa shape index (κ2) is 3.83. The fourth-order valence-electron chi connectivity index (χ4n) is 0.809. The molecule has 0 saturated heterocycles. The van der Waals surface area contributed by atoms with E-state index in [1.54, 1.807) is 24.3 Å². The van der Waals surface area contributed by atoms with Crippen LogP contribution in [0.25, 0.3) is 0 Å². The molecule has 0 aliphatic carbocycles. The van der Waals surface area contributed by atoms with Gasteiger partial charge in [0.15, 0.2) is 0 Å². The first-order valence-corrected chi connectivity index (χ1v) is 4.23. The molecule has 0 aliphatic heterocycles. The van der Waals surface area contributed by atoms with Gasteiger partial charge in [0.1, 0.15) is 5.25 Å². The van der Waals surface area contributed by atoms with Crippen LogP contribution in [0.4, 0.5) is 0 Å². The van der Waals surface area contributed by atoms with E-state index in [4.69, 9.17) is 17.3 Å². The summed E-state index contributed by atoms with van der Waals surface area (Å²) in [5.74, 6) is -0.458. The van der Waals surface area contributed by atoms with Crippen molar-refractivity contribution in [2.75, 3.05) is 0 Å². The van der Waals surface area contributed by atoms with Crippen LogP contribution < -0.4 is 5.73 Å². The van der Waals surface area contributed by atoms with E-state index >= 15 is 0 Å². The Morgan fingerprint density at radius 2 is 1.92 bits per heavy atom. The van der Waals surface area contributed by atoms with Gasteiger partial charge in [0.05, 0.1) is 0 Å². The zero-order chi connectivity index (χ0) is 9.14. The molecule has 0 saturated carbocycles. The third kappa shape index (κ3) is 2.16. The molecule has 0 unspecified atom stereocenters. The molecule has 1 aromatic rings. The number of halogens is 1. The van der Waals surface area contributed by atoms with E-state index < -0.39 is 11.2 Å². The molecule has 0 aromatic heterocycles. The number of carbonyl (C=O) groups excluding carboxylic acids is 1. The van der Waals surface area contributed by atoms with E-state index in [2.05, 4.69) is 12.6 Å². The second-order valence-electron chi connectivity index (χ2n) is 2.36. The second-order valence-corrected chi connectivity index (χ2v) is 3.31. The van der Waals surface area contributed by atoms with Gasteiger partial charge >= 0.3 is 0 Å². The number of benzene rings is 1. The normalized spacial score (nSPS) is 12.5. The van der Waals surface area contributed by atoms with Gasteiger partial charge in [-0.1, -0.05) is 23.7 Å². The van der Waals surface area contributed by atoms with Crippen molar-refractivity contribution in [2.24, 2.45) is 5.73 Å². The molecule has 1 rings (SSSR count). The number of amides is 1. The lowest BCUT2D eigenvalue weighted by Gasteiger charge is -2.05. The number of nitrogens with two attached hydrogens (primary N) is 1. The minimum absolute atomic E-state index is 0.458. The van der Waals surface area contributed by atoms with Crippen molar-refractivity contribution >= 4 is 30.1 Å². The average molecular weight is 202 g/mol. The van der Waals surface area contributed by atoms with Gasteiger partial charge in [-0.2, -0.15) is 12.6 Å². The first-order chi connectivity index (χ1) is 5.61. The Morgan fingerprint density at radius 1 is 1.42 bits per heavy atom. The first-order valence-electron chi connectivity index (χ1n) is 3.34. The summed E-state index contributed by atoms with van der Waals surface area (Å²) in [6.45, 7) is 0. The Hall–Kier alpha value is -0.670. The van der Waals surface area contributed by atoms with Crippen LogP contribution in [-0.2, 0) is 4.79 Å². The molecule has 0 heterocycles. The predicted molar refractivity (Wildman–Crippen MR) is 52.4 cm³/mol. The third-order valence-electron chi connectivity index (χ3n) is 1.46. The topological polar surface area (TPSA) is 43.1 Å². The van der Waals surface area contributed by atoms with Gasteiger partial charge in [0, 0.05) is 5.02 Å². The summed E-state index contributed by atoms with van der Waals surface area (Å²) in [6.07, 6.45) is 0. The molecule has 64 valence electrons. The maximum atomic E-state index is 10.7. The molecular weight excluding hydrogens is 194 g/mol. The summed E-state index contributed by atoms with van der Waals surface area (Å²) in [6, 6.07) is 6.85. The number of thiol groups is 1. The van der Waals surface area contributed by atoms with Crippen LogP contribution in [0.15, 0.2) is 24.3 Å². The molecule has 2 nitrogen and oxygen atoms in total. The largest absolute Gasteiger partial charge is 0.368 e. The molecule has 0 radical (unpaired) electrons. The van der Waals surface area contributed by atoms with E-state index in [0.29, 0.717) is 5.02 Å². The van der Waals surface area contributed by atoms with Gasteiger partial charge in [0.25, 0.3) is 0 Å². The number of hydrogen-bond acceptors (Lipinski definition) is 2. The Labute approximate surface area is 81.1 Å². The molecule has 12 heavy (non-hydrogen) atoms. The van der Waals surface area contributed by atoms with Crippen molar-refractivity contribution in [2.45, 2.75) is 5.25 Å². The molecule has 0 aliphatic rings. The van der Waals surface area contributed by atoms with Crippen LogP contribution in [0.5, 0.6) is 0 Å². The van der Waals surface area contributed by atoms with Gasteiger partial charge in [-0.15, -0.1) is 0 Å². The Kier molecular flexibility index (Phi) is 3.00. The lowest BCUT2D eigenvalue weighted by molar-refractivity contribution is -0.117. The summed E-state index contributed by atoms with van der Waals surface area (Å²) < 4.78 is 0. The highest BCUT2D eigenvalue weighted by Crippen LogP contribution is 2.20. The average Bonchev–Trinajstić information content (AvgIpc) is 2.04. The Bertz CT molecular complexity index is 286. The maximum Gasteiger partial charge on any atom is 0.234 e. The summed E-state index contributed by atoms with van der Waals surface area (Å²) in [4.78, 5) is 10.7. The van der Waals surface area contributed by atoms with Gasteiger partial charge in [-0.05, 0) is 17.7 Å². The van der Waals surface area contributed by atoms with Gasteiger partial charge in [0.2, 0.25) is 5.91 Å². The van der Waals surface area contributed by atoms with Crippen LogP contribution in [0.3, 0.4) is 0 Å². The molecule has 0 fully saturated rings. The van der Waals surface area contributed by atoms with E-state index in [-0.39, 0.29) is 0 Å². The van der Waals surface area contributed by atoms with Gasteiger partial charge in [-0.25, -0.2) is 0 Å². The molecule has 1 atom stereocenters. The Morgan fingerprint density at radius 3 is 2.33 bits per heavy atom. The smallest absolute Gasteiger partial charge is 0.234 e. The van der Waals surface area contributed by atoms with Crippen molar-refractivity contribution in [3.8, 4) is 0 Å². The predicted octanol–water partition coefficient (Wildman–Crippen LogP) is 1.80. The van der Waals surface area contributed by atoms with Gasteiger partial charge in [-0.3, -0.25) is 4.79 Å². The zero-order valence-electron chi connectivity index (χ0n) is 6.20. The van der Waals surface area contributed by atoms with E-state index in [0.717, 1.165) is 5.56 Å². The molecule has 0 spiro atoms. The van der Waals surface area contributed by atoms with E-state index in [9.17, 15) is 4.79 Å². The van der Waals surface area contributed by atoms with Crippen LogP contribution in [0.2, 0.25) is 5.02 Å². The molecular formula is C8H8ClNOS. The summed E-state index contributed by atoms with van der Waals surface area (Å²) in [5.41, 5.74) is 5.82. The minimum Gasteiger partial charge on any atom is -0.368 e. The molecule has 4 heteroatoms. The number of rotatable bonds is 2. The summed E-state index contributed by atoms with van der Waals surface area (Å²) in [5, 5.41) is 0.0750. The molecule has 2 N–H and O–H groups in total. The molecule has 0 bridgehead atoms. The number of carbonyl (C=O) groups is 1. The fraction of sp³-hybridized carbons (Fsp3) is 0.125. The van der Waals surface area contributed by atoms with Crippen molar-refractivity contribution in [1.82, 2.24) is 0 Å². The molecule has 1 amide bonds. The summed E-state index contributed by atoms with van der Waals surface area (Å²) in [7, 11) is 0. The van der Waals surface area contributed by atoms with Crippen LogP contribution in [-0.4, -0.2) is 5.91 Å². The fourth-order valence-corrected chi connectivity index (χ4v) is 1.11. The van der Waals surface area contributed by atoms with Crippen molar-refractivity contribution < 1.29 is 4.79 Å². The van der Waals surface area contributed by atoms with Crippen molar-refractivity contribution in [3.05, 3.63) is 34.9 Å². The minimum atomic E-state index is -0.553. The van der Waals surface area contributed by atoms with Crippen LogP contribution in [0.1, 0.15) is 10.8 Å². The number of primary amides is 1. The quantitative estimate of drug-likeness (QED) is 0.705. The SMILES string of the molecule is NC(=O)[C@@H](S)c1ccc(Cl)cc1. The highest BCUT2D eigenvalue weighted by molar-refractivity contribution is 7.81. The van der Waals surface area contributed by atoms with Crippen LogP contribution >= 0.6 is 24.2 Å². The third-order valence-corrected chi connectivity index (χ3v) is 2.26. The lowest BCUT2D eigenvalue weighted by atomic mass is 10.1. The monoisotopic (exact) mass is 201 g/mol. The lowest BCUT2D eigenvalue weighted by Crippen LogP contribution is -2.16. The standard InChI is InChI=1S/C8H8ClNOS/c9-6-3-1-5(2-4-6)7(12)8(10)11/h1-4,7,12H,(H2,10,11)/t7-/m0/s1. The van der Waals surface area contributed by atoms with Crippen LogP contribution in [0, 0.1) is 0 Å². The van der Waals surface area contributed by atoms with Crippen molar-refractivity contribution in [1.29, 1.82) is 0 Å². The molecule has 1 aromatic carbocycles.